The van der Waals surface area contributed by atoms with E-state index in [-0.39, 0.29) is 6.42 Å². The summed E-state index contributed by atoms with van der Waals surface area (Å²) < 4.78 is 5.04. The van der Waals surface area contributed by atoms with Gasteiger partial charge in [0.2, 0.25) is 0 Å². The average Bonchev–Trinajstić information content (AvgIpc) is 2.35. The Morgan fingerprint density at radius 3 is 2.58 bits per heavy atom. The van der Waals surface area contributed by atoms with E-state index in [4.69, 9.17) is 9.84 Å². The number of carbonyl (C=O) groups is 2. The highest BCUT2D eigenvalue weighted by Crippen LogP contribution is 2.30. The standard InChI is InChI=1S/C7H10O4S/c8-5(12)4-7(6(9)10)2-1-3-11-7/h1-4H2,(H,8,12)(H,9,10). The molecule has 1 fully saturated rings. The number of ether oxygens (including phenoxy) is 1. The fraction of sp³-hybridized carbons (Fsp3) is 0.714. The Bertz CT molecular complexity index is 207. The Morgan fingerprint density at radius 2 is 2.25 bits per heavy atom. The summed E-state index contributed by atoms with van der Waals surface area (Å²) >= 11 is 3.54. The number of hydrogen-bond acceptors (Lipinski definition) is 3. The van der Waals surface area contributed by atoms with Gasteiger partial charge in [0, 0.05) is 6.61 Å². The summed E-state index contributed by atoms with van der Waals surface area (Å²) in [5, 5.41) is 8.36. The molecule has 0 saturated carbocycles. The molecule has 0 aromatic carbocycles. The van der Waals surface area contributed by atoms with Gasteiger partial charge >= 0.3 is 5.97 Å². The van der Waals surface area contributed by atoms with Crippen molar-refractivity contribution in [1.29, 1.82) is 0 Å². The zero-order valence-corrected chi connectivity index (χ0v) is 7.34. The topological polar surface area (TPSA) is 63.6 Å². The minimum Gasteiger partial charge on any atom is -0.479 e. The van der Waals surface area contributed by atoms with Crippen molar-refractivity contribution in [3.05, 3.63) is 0 Å². The summed E-state index contributed by atoms with van der Waals surface area (Å²) in [6.45, 7) is 0.410. The lowest BCUT2D eigenvalue weighted by Crippen LogP contribution is -2.39. The fourth-order valence-corrected chi connectivity index (χ4v) is 1.58. The summed E-state index contributed by atoms with van der Waals surface area (Å²) in [5.74, 6) is -1.07. The van der Waals surface area contributed by atoms with Crippen LogP contribution in [0.2, 0.25) is 0 Å². The van der Waals surface area contributed by atoms with Gasteiger partial charge in [-0.2, -0.15) is 0 Å². The Morgan fingerprint density at radius 1 is 1.58 bits per heavy atom. The lowest BCUT2D eigenvalue weighted by Gasteiger charge is -2.20. The lowest BCUT2D eigenvalue weighted by molar-refractivity contribution is -0.161. The molecule has 5 heteroatoms. The van der Waals surface area contributed by atoms with Crippen molar-refractivity contribution < 1.29 is 19.4 Å². The third kappa shape index (κ3) is 1.78. The third-order valence-electron chi connectivity index (χ3n) is 1.93. The Kier molecular flexibility index (Phi) is 2.74. The van der Waals surface area contributed by atoms with Crippen molar-refractivity contribution in [3.8, 4) is 0 Å². The monoisotopic (exact) mass is 190 g/mol. The molecule has 1 unspecified atom stereocenters. The molecule has 1 aliphatic heterocycles. The van der Waals surface area contributed by atoms with E-state index in [0.717, 1.165) is 0 Å². The van der Waals surface area contributed by atoms with Crippen LogP contribution < -0.4 is 0 Å². The van der Waals surface area contributed by atoms with Gasteiger partial charge in [0.1, 0.15) is 0 Å². The van der Waals surface area contributed by atoms with Crippen LogP contribution in [0.3, 0.4) is 0 Å². The van der Waals surface area contributed by atoms with Crippen LogP contribution in [-0.2, 0) is 14.3 Å². The molecule has 1 rings (SSSR count). The summed E-state index contributed by atoms with van der Waals surface area (Å²) in [6, 6.07) is 0. The first-order chi connectivity index (χ1) is 5.57. The Labute approximate surface area is 75.3 Å². The largest absolute Gasteiger partial charge is 0.479 e. The number of aliphatic carboxylic acids is 1. The number of rotatable bonds is 3. The van der Waals surface area contributed by atoms with Crippen LogP contribution in [0.4, 0.5) is 0 Å². The van der Waals surface area contributed by atoms with Gasteiger partial charge in [-0.3, -0.25) is 4.79 Å². The molecule has 1 N–H and O–H groups in total. The number of carbonyl (C=O) groups excluding carboxylic acids is 1. The first-order valence-corrected chi connectivity index (χ1v) is 4.11. The van der Waals surface area contributed by atoms with Crippen LogP contribution >= 0.6 is 12.6 Å². The van der Waals surface area contributed by atoms with E-state index in [2.05, 4.69) is 12.6 Å². The van der Waals surface area contributed by atoms with Gasteiger partial charge in [0.05, 0.1) is 6.42 Å². The van der Waals surface area contributed by atoms with Crippen LogP contribution in [0, 0.1) is 0 Å². The van der Waals surface area contributed by atoms with Gasteiger partial charge in [-0.15, -0.1) is 12.6 Å². The zero-order chi connectivity index (χ0) is 9.19. The number of thiol groups is 1. The molecule has 0 aromatic rings. The van der Waals surface area contributed by atoms with E-state index in [0.29, 0.717) is 19.4 Å². The van der Waals surface area contributed by atoms with Crippen molar-refractivity contribution in [2.45, 2.75) is 24.9 Å². The molecule has 1 aliphatic rings. The number of carboxylic acids is 1. The van der Waals surface area contributed by atoms with Crippen LogP contribution in [0.15, 0.2) is 0 Å². The second kappa shape index (κ2) is 3.45. The van der Waals surface area contributed by atoms with Crippen molar-refractivity contribution >= 4 is 23.7 Å². The van der Waals surface area contributed by atoms with Gasteiger partial charge in [-0.25, -0.2) is 4.79 Å². The summed E-state index contributed by atoms with van der Waals surface area (Å²) in [4.78, 5) is 21.4. The molecule has 0 aliphatic carbocycles. The van der Waals surface area contributed by atoms with Crippen molar-refractivity contribution in [1.82, 2.24) is 0 Å². The van der Waals surface area contributed by atoms with Crippen LogP contribution in [-0.4, -0.2) is 28.4 Å². The molecular weight excluding hydrogens is 180 g/mol. The molecular formula is C7H10O4S. The second-order valence-corrected chi connectivity index (χ2v) is 3.32. The predicted octanol–water partition coefficient (Wildman–Crippen LogP) is 0.467. The van der Waals surface area contributed by atoms with E-state index in [1.165, 1.54) is 0 Å². The normalized spacial score (nSPS) is 28.8. The first-order valence-electron chi connectivity index (χ1n) is 3.66. The molecule has 4 nitrogen and oxygen atoms in total. The molecule has 0 radical (unpaired) electrons. The zero-order valence-electron chi connectivity index (χ0n) is 6.45. The fourth-order valence-electron chi connectivity index (χ4n) is 1.33. The van der Waals surface area contributed by atoms with Gasteiger partial charge < -0.3 is 9.84 Å². The highest BCUT2D eigenvalue weighted by atomic mass is 32.1. The smallest absolute Gasteiger partial charge is 0.336 e. The van der Waals surface area contributed by atoms with Crippen molar-refractivity contribution in [2.24, 2.45) is 0 Å². The highest BCUT2D eigenvalue weighted by Gasteiger charge is 2.44. The molecule has 0 spiro atoms. The predicted molar refractivity (Wildman–Crippen MR) is 44.2 cm³/mol. The Hall–Kier alpha value is -0.550. The maximum atomic E-state index is 10.7. The van der Waals surface area contributed by atoms with E-state index < -0.39 is 16.7 Å². The Balaban J connectivity index is 2.72. The lowest BCUT2D eigenvalue weighted by atomic mass is 9.97. The SMILES string of the molecule is O=C(S)CC1(C(=O)O)CCCO1. The molecule has 0 bridgehead atoms. The minimum absolute atomic E-state index is 0.147. The van der Waals surface area contributed by atoms with Crippen molar-refractivity contribution in [2.75, 3.05) is 6.61 Å². The quantitative estimate of drug-likeness (QED) is 0.635. The molecule has 1 saturated heterocycles. The van der Waals surface area contributed by atoms with Crippen molar-refractivity contribution in [3.63, 3.8) is 0 Å². The third-order valence-corrected chi connectivity index (χ3v) is 2.09. The van der Waals surface area contributed by atoms with E-state index >= 15 is 0 Å². The summed E-state index contributed by atoms with van der Waals surface area (Å²) in [7, 11) is 0. The molecule has 12 heavy (non-hydrogen) atoms. The van der Waals surface area contributed by atoms with Crippen LogP contribution in [0.1, 0.15) is 19.3 Å². The maximum Gasteiger partial charge on any atom is 0.336 e. The summed E-state index contributed by atoms with van der Waals surface area (Å²) in [6.07, 6.45) is 0.938. The molecule has 1 heterocycles. The molecule has 0 aromatic heterocycles. The van der Waals surface area contributed by atoms with Crippen LogP contribution in [0.25, 0.3) is 0 Å². The minimum atomic E-state index is -1.29. The van der Waals surface area contributed by atoms with Gasteiger partial charge in [0.15, 0.2) is 10.7 Å². The van der Waals surface area contributed by atoms with Gasteiger partial charge in [-0.05, 0) is 12.8 Å². The average molecular weight is 190 g/mol. The summed E-state index contributed by atoms with van der Waals surface area (Å²) in [5.41, 5.74) is -1.29. The van der Waals surface area contributed by atoms with Crippen LogP contribution in [0.5, 0.6) is 0 Å². The molecule has 1 atom stereocenters. The van der Waals surface area contributed by atoms with E-state index in [1.807, 2.05) is 0 Å². The highest BCUT2D eigenvalue weighted by molar-refractivity contribution is 7.96. The van der Waals surface area contributed by atoms with Gasteiger partial charge in [0.25, 0.3) is 0 Å². The van der Waals surface area contributed by atoms with E-state index in [1.54, 1.807) is 0 Å². The first kappa shape index (κ1) is 9.54. The molecule has 0 amide bonds. The molecule has 68 valence electrons. The maximum absolute atomic E-state index is 10.7. The second-order valence-electron chi connectivity index (χ2n) is 2.82. The van der Waals surface area contributed by atoms with E-state index in [9.17, 15) is 9.59 Å². The number of carboxylic acid groups (broad SMARTS) is 1. The van der Waals surface area contributed by atoms with Gasteiger partial charge in [-0.1, -0.05) is 0 Å². The number of hydrogen-bond donors (Lipinski definition) is 2.